The Labute approximate surface area is 195 Å². The highest BCUT2D eigenvalue weighted by Crippen LogP contribution is 2.38. The van der Waals surface area contributed by atoms with Gasteiger partial charge in [-0.3, -0.25) is 4.79 Å². The Kier molecular flexibility index (Phi) is 7.88. The van der Waals surface area contributed by atoms with Crippen LogP contribution in [0, 0.1) is 0 Å². The molecule has 0 aromatic heterocycles. The van der Waals surface area contributed by atoms with E-state index in [-0.39, 0.29) is 11.5 Å². The number of benzene rings is 3. The van der Waals surface area contributed by atoms with Crippen LogP contribution in [0.5, 0.6) is 23.0 Å². The van der Waals surface area contributed by atoms with Crippen molar-refractivity contribution in [1.29, 1.82) is 0 Å². The first-order valence-electron chi connectivity index (χ1n) is 9.66. The number of hydrazone groups is 1. The molecule has 0 fully saturated rings. The lowest BCUT2D eigenvalue weighted by Crippen LogP contribution is -2.17. The minimum absolute atomic E-state index is 0.236. The van der Waals surface area contributed by atoms with E-state index in [1.165, 1.54) is 39.7 Å². The maximum atomic E-state index is 12.6. The predicted molar refractivity (Wildman–Crippen MR) is 124 cm³/mol. The van der Waals surface area contributed by atoms with Crippen LogP contribution in [0.15, 0.2) is 65.8 Å². The number of carbonyl (C=O) groups is 2. The van der Waals surface area contributed by atoms with E-state index < -0.39 is 5.97 Å². The summed E-state index contributed by atoms with van der Waals surface area (Å²) in [4.78, 5) is 24.6. The van der Waals surface area contributed by atoms with Crippen molar-refractivity contribution < 1.29 is 28.5 Å². The minimum Gasteiger partial charge on any atom is -0.493 e. The molecule has 3 aromatic carbocycles. The van der Waals surface area contributed by atoms with Gasteiger partial charge in [0.2, 0.25) is 5.75 Å². The van der Waals surface area contributed by atoms with Crippen molar-refractivity contribution in [3.05, 3.63) is 82.4 Å². The van der Waals surface area contributed by atoms with Crippen LogP contribution in [0.25, 0.3) is 0 Å². The quantitative estimate of drug-likeness (QED) is 0.228. The zero-order valence-corrected chi connectivity index (χ0v) is 18.9. The van der Waals surface area contributed by atoms with Gasteiger partial charge in [-0.15, -0.1) is 0 Å². The smallest absolute Gasteiger partial charge is 0.343 e. The van der Waals surface area contributed by atoms with E-state index in [1.807, 2.05) is 0 Å². The summed E-state index contributed by atoms with van der Waals surface area (Å²) in [5.74, 6) is 0.441. The molecule has 0 aliphatic rings. The molecule has 0 unspecified atom stereocenters. The average Bonchev–Trinajstić information content (AvgIpc) is 2.84. The van der Waals surface area contributed by atoms with Crippen molar-refractivity contribution in [3.8, 4) is 23.0 Å². The number of hydrogen-bond acceptors (Lipinski definition) is 7. The molecular formula is C24H21ClN2O6. The summed E-state index contributed by atoms with van der Waals surface area (Å²) in [6, 6.07) is 16.1. The van der Waals surface area contributed by atoms with Gasteiger partial charge in [0.05, 0.1) is 33.1 Å². The van der Waals surface area contributed by atoms with Crippen LogP contribution in [0.1, 0.15) is 26.3 Å². The summed E-state index contributed by atoms with van der Waals surface area (Å²) >= 11 is 5.81. The van der Waals surface area contributed by atoms with Crippen LogP contribution in [-0.2, 0) is 0 Å². The topological polar surface area (TPSA) is 95.5 Å². The number of hydrogen-bond donors (Lipinski definition) is 1. The van der Waals surface area contributed by atoms with Crippen molar-refractivity contribution in [1.82, 2.24) is 5.43 Å². The van der Waals surface area contributed by atoms with Crippen molar-refractivity contribution in [2.75, 3.05) is 21.3 Å². The number of amides is 1. The number of esters is 1. The van der Waals surface area contributed by atoms with E-state index >= 15 is 0 Å². The zero-order chi connectivity index (χ0) is 23.8. The number of nitrogens with zero attached hydrogens (tertiary/aromatic N) is 1. The van der Waals surface area contributed by atoms with E-state index in [9.17, 15) is 9.59 Å². The summed E-state index contributed by atoms with van der Waals surface area (Å²) in [5.41, 5.74) is 3.80. The lowest BCUT2D eigenvalue weighted by molar-refractivity contribution is 0.0733. The molecule has 0 atom stereocenters. The summed E-state index contributed by atoms with van der Waals surface area (Å²) < 4.78 is 21.2. The van der Waals surface area contributed by atoms with Crippen molar-refractivity contribution in [2.45, 2.75) is 0 Å². The van der Waals surface area contributed by atoms with Crippen LogP contribution in [0.2, 0.25) is 5.02 Å². The van der Waals surface area contributed by atoms with Crippen molar-refractivity contribution in [2.24, 2.45) is 5.10 Å². The average molecular weight is 469 g/mol. The largest absolute Gasteiger partial charge is 0.493 e. The molecule has 170 valence electrons. The van der Waals surface area contributed by atoms with Gasteiger partial charge < -0.3 is 18.9 Å². The van der Waals surface area contributed by atoms with Gasteiger partial charge in [0, 0.05) is 10.6 Å². The van der Waals surface area contributed by atoms with Gasteiger partial charge in [-0.1, -0.05) is 11.6 Å². The van der Waals surface area contributed by atoms with Gasteiger partial charge in [0.15, 0.2) is 11.5 Å². The Hall–Kier alpha value is -4.04. The lowest BCUT2D eigenvalue weighted by atomic mass is 10.2. The second-order valence-electron chi connectivity index (χ2n) is 6.58. The minimum atomic E-state index is -0.592. The van der Waals surface area contributed by atoms with Crippen molar-refractivity contribution in [3.63, 3.8) is 0 Å². The highest BCUT2D eigenvalue weighted by atomic mass is 35.5. The molecule has 3 rings (SSSR count). The monoisotopic (exact) mass is 468 g/mol. The van der Waals surface area contributed by atoms with Crippen molar-refractivity contribution >= 4 is 29.7 Å². The molecule has 3 aromatic rings. The second kappa shape index (κ2) is 11.0. The maximum Gasteiger partial charge on any atom is 0.343 e. The van der Waals surface area contributed by atoms with Crippen LogP contribution >= 0.6 is 11.6 Å². The fraction of sp³-hybridized carbons (Fsp3) is 0.125. The molecular weight excluding hydrogens is 448 g/mol. The third kappa shape index (κ3) is 6.02. The van der Waals surface area contributed by atoms with E-state index in [2.05, 4.69) is 10.5 Å². The molecule has 9 heteroatoms. The Morgan fingerprint density at radius 3 is 2.00 bits per heavy atom. The lowest BCUT2D eigenvalue weighted by Gasteiger charge is -2.13. The molecule has 1 amide bonds. The molecule has 0 spiro atoms. The fourth-order valence-corrected chi connectivity index (χ4v) is 2.94. The third-order valence-electron chi connectivity index (χ3n) is 4.48. The molecule has 0 heterocycles. The Morgan fingerprint density at radius 1 is 0.848 bits per heavy atom. The van der Waals surface area contributed by atoms with Gasteiger partial charge in [-0.25, -0.2) is 10.2 Å². The van der Waals surface area contributed by atoms with Gasteiger partial charge in [-0.2, -0.15) is 5.10 Å². The van der Waals surface area contributed by atoms with E-state index in [1.54, 1.807) is 48.5 Å². The molecule has 0 aliphatic carbocycles. The highest BCUT2D eigenvalue weighted by Gasteiger charge is 2.18. The molecule has 0 aliphatic heterocycles. The van der Waals surface area contributed by atoms with Crippen LogP contribution < -0.4 is 24.4 Å². The van der Waals surface area contributed by atoms with Gasteiger partial charge in [0.25, 0.3) is 5.91 Å². The van der Waals surface area contributed by atoms with Gasteiger partial charge >= 0.3 is 5.97 Å². The highest BCUT2D eigenvalue weighted by molar-refractivity contribution is 6.30. The first-order chi connectivity index (χ1) is 15.9. The number of nitrogens with one attached hydrogen (secondary N) is 1. The SMILES string of the molecule is COc1cc(C(=O)Oc2ccc(C=NNC(=O)c3ccc(Cl)cc3)cc2)cc(OC)c1OC. The summed E-state index contributed by atoms with van der Waals surface area (Å²) in [7, 11) is 4.40. The Morgan fingerprint density at radius 2 is 1.45 bits per heavy atom. The first-order valence-corrected chi connectivity index (χ1v) is 10.0. The first kappa shape index (κ1) is 23.6. The Balaban J connectivity index is 1.63. The molecule has 33 heavy (non-hydrogen) atoms. The number of carbonyl (C=O) groups excluding carboxylic acids is 2. The molecule has 0 saturated heterocycles. The number of rotatable bonds is 8. The molecule has 0 radical (unpaired) electrons. The van der Waals surface area contributed by atoms with Gasteiger partial charge in [-0.05, 0) is 66.2 Å². The zero-order valence-electron chi connectivity index (χ0n) is 18.1. The predicted octanol–water partition coefficient (Wildman–Crippen LogP) is 4.35. The van der Waals surface area contributed by atoms with Crippen LogP contribution in [-0.4, -0.2) is 39.4 Å². The number of methoxy groups -OCH3 is 3. The second-order valence-corrected chi connectivity index (χ2v) is 7.02. The summed E-state index contributed by atoms with van der Waals surface area (Å²) in [6.45, 7) is 0. The third-order valence-corrected chi connectivity index (χ3v) is 4.73. The van der Waals surface area contributed by atoms with Gasteiger partial charge in [0.1, 0.15) is 5.75 Å². The van der Waals surface area contributed by atoms with E-state index in [0.717, 1.165) is 0 Å². The van der Waals surface area contributed by atoms with E-state index in [0.29, 0.717) is 39.1 Å². The number of halogens is 1. The molecule has 8 nitrogen and oxygen atoms in total. The maximum absolute atomic E-state index is 12.6. The number of ether oxygens (including phenoxy) is 4. The Bertz CT molecular complexity index is 1140. The normalized spacial score (nSPS) is 10.5. The summed E-state index contributed by atoms with van der Waals surface area (Å²) in [5, 5.41) is 4.47. The van der Waals surface area contributed by atoms with E-state index in [4.69, 9.17) is 30.5 Å². The summed E-state index contributed by atoms with van der Waals surface area (Å²) in [6.07, 6.45) is 1.47. The molecule has 1 N–H and O–H groups in total. The van der Waals surface area contributed by atoms with Crippen LogP contribution in [0.3, 0.4) is 0 Å². The standard InChI is InChI=1S/C24H21ClN2O6/c1-30-20-12-17(13-21(31-2)22(20)32-3)24(29)33-19-10-4-15(5-11-19)14-26-27-23(28)16-6-8-18(25)9-7-16/h4-14H,1-3H3,(H,27,28). The molecule has 0 saturated carbocycles. The fourth-order valence-electron chi connectivity index (χ4n) is 2.82. The molecule has 0 bridgehead atoms. The van der Waals surface area contributed by atoms with Crippen LogP contribution in [0.4, 0.5) is 0 Å².